The lowest BCUT2D eigenvalue weighted by molar-refractivity contribution is 0.312. The van der Waals surface area contributed by atoms with Crippen LogP contribution in [0.4, 0.5) is 0 Å². The molecule has 0 aliphatic rings. The van der Waals surface area contributed by atoms with E-state index in [0.717, 1.165) is 19.5 Å². The predicted octanol–water partition coefficient (Wildman–Crippen LogP) is 3.27. The summed E-state index contributed by atoms with van der Waals surface area (Å²) in [7, 11) is 2.15. The van der Waals surface area contributed by atoms with Crippen LogP contribution in [-0.4, -0.2) is 18.5 Å². The molecule has 0 spiro atoms. The Morgan fingerprint density at radius 1 is 1.22 bits per heavy atom. The molecule has 1 atom stereocenters. The highest BCUT2D eigenvalue weighted by molar-refractivity contribution is 7.07. The summed E-state index contributed by atoms with van der Waals surface area (Å²) in [4.78, 5) is 2.32. The molecule has 1 aromatic carbocycles. The molecule has 1 aromatic heterocycles. The van der Waals surface area contributed by atoms with Crippen molar-refractivity contribution in [3.05, 3.63) is 58.3 Å². The Balaban J connectivity index is 1.77. The van der Waals surface area contributed by atoms with Crippen LogP contribution >= 0.6 is 11.3 Å². The third-order valence-electron chi connectivity index (χ3n) is 3.08. The van der Waals surface area contributed by atoms with Gasteiger partial charge in [0, 0.05) is 12.6 Å². The second kappa shape index (κ2) is 6.69. The minimum Gasteiger partial charge on any atom is -0.324 e. The number of thiophene rings is 1. The van der Waals surface area contributed by atoms with Gasteiger partial charge in [-0.1, -0.05) is 30.3 Å². The van der Waals surface area contributed by atoms with Gasteiger partial charge >= 0.3 is 0 Å². The zero-order chi connectivity index (χ0) is 12.8. The van der Waals surface area contributed by atoms with E-state index in [1.165, 1.54) is 11.1 Å². The summed E-state index contributed by atoms with van der Waals surface area (Å²) in [6, 6.07) is 12.6. The molecule has 0 amide bonds. The van der Waals surface area contributed by atoms with Crippen molar-refractivity contribution in [2.45, 2.75) is 19.0 Å². The van der Waals surface area contributed by atoms with Gasteiger partial charge in [-0.05, 0) is 48.0 Å². The number of nitrogens with two attached hydrogens (primary N) is 1. The summed E-state index contributed by atoms with van der Waals surface area (Å²) >= 11 is 1.75. The highest BCUT2D eigenvalue weighted by atomic mass is 32.1. The van der Waals surface area contributed by atoms with Crippen LogP contribution in [0.25, 0.3) is 0 Å². The molecule has 96 valence electrons. The molecule has 3 heteroatoms. The van der Waals surface area contributed by atoms with Crippen molar-refractivity contribution in [3.63, 3.8) is 0 Å². The third kappa shape index (κ3) is 3.95. The first-order valence-electron chi connectivity index (χ1n) is 6.26. The van der Waals surface area contributed by atoms with Crippen molar-refractivity contribution in [1.29, 1.82) is 0 Å². The zero-order valence-corrected chi connectivity index (χ0v) is 11.6. The van der Waals surface area contributed by atoms with Crippen LogP contribution in [0.3, 0.4) is 0 Å². The minimum absolute atomic E-state index is 0.135. The maximum Gasteiger partial charge on any atom is 0.0307 e. The standard InChI is InChI=1S/C15H20N2S/c1-17(11-13-8-10-18-12-13)9-7-15(16)14-5-3-2-4-6-14/h2-6,8,10,12,15H,7,9,11,16H2,1H3. The van der Waals surface area contributed by atoms with Crippen molar-refractivity contribution in [2.75, 3.05) is 13.6 Å². The summed E-state index contributed by atoms with van der Waals surface area (Å²) in [6.07, 6.45) is 0.991. The molecule has 1 unspecified atom stereocenters. The van der Waals surface area contributed by atoms with Crippen LogP contribution in [0.1, 0.15) is 23.6 Å². The second-order valence-electron chi connectivity index (χ2n) is 4.68. The Morgan fingerprint density at radius 2 is 2.00 bits per heavy atom. The Morgan fingerprint density at radius 3 is 2.67 bits per heavy atom. The first-order chi connectivity index (χ1) is 8.75. The molecular weight excluding hydrogens is 240 g/mol. The second-order valence-corrected chi connectivity index (χ2v) is 5.46. The SMILES string of the molecule is CN(CCC(N)c1ccccc1)Cc1ccsc1. The smallest absolute Gasteiger partial charge is 0.0307 e. The summed E-state index contributed by atoms with van der Waals surface area (Å²) in [6.45, 7) is 2.02. The van der Waals surface area contributed by atoms with E-state index in [1.54, 1.807) is 11.3 Å². The van der Waals surface area contributed by atoms with Gasteiger partial charge in [-0.2, -0.15) is 11.3 Å². The summed E-state index contributed by atoms with van der Waals surface area (Å²) in [5.74, 6) is 0. The molecule has 0 saturated carbocycles. The van der Waals surface area contributed by atoms with Gasteiger partial charge < -0.3 is 10.6 Å². The van der Waals surface area contributed by atoms with E-state index in [1.807, 2.05) is 18.2 Å². The van der Waals surface area contributed by atoms with Gasteiger partial charge in [-0.3, -0.25) is 0 Å². The molecule has 0 aliphatic heterocycles. The first kappa shape index (κ1) is 13.3. The van der Waals surface area contributed by atoms with E-state index in [2.05, 4.69) is 40.9 Å². The Hall–Kier alpha value is -1.16. The molecule has 0 bridgehead atoms. The van der Waals surface area contributed by atoms with Gasteiger partial charge in [-0.15, -0.1) is 0 Å². The van der Waals surface area contributed by atoms with Gasteiger partial charge in [0.2, 0.25) is 0 Å². The Kier molecular flexibility index (Phi) is 4.93. The fourth-order valence-corrected chi connectivity index (χ4v) is 2.66. The fourth-order valence-electron chi connectivity index (χ4n) is 2.00. The van der Waals surface area contributed by atoms with E-state index in [4.69, 9.17) is 5.73 Å². The molecule has 0 saturated heterocycles. The van der Waals surface area contributed by atoms with Gasteiger partial charge in [0.1, 0.15) is 0 Å². The normalized spacial score (nSPS) is 12.8. The van der Waals surface area contributed by atoms with Crippen molar-refractivity contribution >= 4 is 11.3 Å². The van der Waals surface area contributed by atoms with Gasteiger partial charge in [0.05, 0.1) is 0 Å². The van der Waals surface area contributed by atoms with Crippen LogP contribution < -0.4 is 5.73 Å². The maximum atomic E-state index is 6.19. The molecule has 2 nitrogen and oxygen atoms in total. The van der Waals surface area contributed by atoms with Gasteiger partial charge in [-0.25, -0.2) is 0 Å². The van der Waals surface area contributed by atoms with Crippen molar-refractivity contribution < 1.29 is 0 Å². The largest absolute Gasteiger partial charge is 0.324 e. The van der Waals surface area contributed by atoms with E-state index < -0.39 is 0 Å². The number of benzene rings is 1. The molecule has 1 heterocycles. The van der Waals surface area contributed by atoms with Crippen molar-refractivity contribution in [2.24, 2.45) is 5.73 Å². The maximum absolute atomic E-state index is 6.19. The molecular formula is C15H20N2S. The first-order valence-corrected chi connectivity index (χ1v) is 7.20. The van der Waals surface area contributed by atoms with Crippen LogP contribution in [0.2, 0.25) is 0 Å². The minimum atomic E-state index is 0.135. The molecule has 0 aliphatic carbocycles. The monoisotopic (exact) mass is 260 g/mol. The number of nitrogens with zero attached hydrogens (tertiary/aromatic N) is 1. The average molecular weight is 260 g/mol. The lowest BCUT2D eigenvalue weighted by Gasteiger charge is -2.19. The zero-order valence-electron chi connectivity index (χ0n) is 10.8. The van der Waals surface area contributed by atoms with Gasteiger partial charge in [0.25, 0.3) is 0 Å². The molecule has 18 heavy (non-hydrogen) atoms. The van der Waals surface area contributed by atoms with Crippen LogP contribution in [0.5, 0.6) is 0 Å². The van der Waals surface area contributed by atoms with Crippen LogP contribution in [0.15, 0.2) is 47.2 Å². The summed E-state index contributed by atoms with van der Waals surface area (Å²) in [5, 5.41) is 4.33. The lowest BCUT2D eigenvalue weighted by atomic mass is 10.0. The number of hydrogen-bond acceptors (Lipinski definition) is 3. The lowest BCUT2D eigenvalue weighted by Crippen LogP contribution is -2.23. The number of rotatable bonds is 6. The topological polar surface area (TPSA) is 29.3 Å². The molecule has 0 radical (unpaired) electrons. The highest BCUT2D eigenvalue weighted by Crippen LogP contribution is 2.14. The van der Waals surface area contributed by atoms with Crippen LogP contribution in [0, 0.1) is 0 Å². The van der Waals surface area contributed by atoms with Gasteiger partial charge in [0.15, 0.2) is 0 Å². The Labute approximate surface area is 113 Å². The van der Waals surface area contributed by atoms with E-state index in [0.29, 0.717) is 0 Å². The summed E-state index contributed by atoms with van der Waals surface area (Å²) in [5.41, 5.74) is 8.80. The van der Waals surface area contributed by atoms with E-state index in [-0.39, 0.29) is 6.04 Å². The predicted molar refractivity (Wildman–Crippen MR) is 78.6 cm³/mol. The molecule has 2 aromatic rings. The quantitative estimate of drug-likeness (QED) is 0.863. The Bertz CT molecular complexity index is 439. The highest BCUT2D eigenvalue weighted by Gasteiger charge is 2.07. The van der Waals surface area contributed by atoms with Crippen LogP contribution in [-0.2, 0) is 6.54 Å². The average Bonchev–Trinajstić information content (AvgIpc) is 2.90. The molecule has 2 rings (SSSR count). The third-order valence-corrected chi connectivity index (χ3v) is 3.81. The van der Waals surface area contributed by atoms with E-state index >= 15 is 0 Å². The number of hydrogen-bond donors (Lipinski definition) is 1. The fraction of sp³-hybridized carbons (Fsp3) is 0.333. The van der Waals surface area contributed by atoms with Crippen molar-refractivity contribution in [3.8, 4) is 0 Å². The molecule has 0 fully saturated rings. The van der Waals surface area contributed by atoms with Crippen molar-refractivity contribution in [1.82, 2.24) is 4.90 Å². The summed E-state index contributed by atoms with van der Waals surface area (Å²) < 4.78 is 0. The molecule has 2 N–H and O–H groups in total. The van der Waals surface area contributed by atoms with E-state index in [9.17, 15) is 0 Å².